The van der Waals surface area contributed by atoms with Gasteiger partial charge in [0.1, 0.15) is 0 Å². The van der Waals surface area contributed by atoms with Crippen molar-refractivity contribution in [3.63, 3.8) is 0 Å². The summed E-state index contributed by atoms with van der Waals surface area (Å²) in [5.41, 5.74) is 2.22. The maximum absolute atomic E-state index is 12.5. The van der Waals surface area contributed by atoms with Gasteiger partial charge in [-0.15, -0.1) is 12.4 Å². The Hall–Kier alpha value is -1.92. The van der Waals surface area contributed by atoms with Crippen LogP contribution in [-0.2, 0) is 11.2 Å². The van der Waals surface area contributed by atoms with E-state index in [1.807, 2.05) is 24.1 Å². The summed E-state index contributed by atoms with van der Waals surface area (Å²) in [4.78, 5) is 18.9. The number of nitrogens with zero attached hydrogens (tertiary/aromatic N) is 3. The third-order valence-corrected chi connectivity index (χ3v) is 5.63. The average molecular weight is 421 g/mol. The van der Waals surface area contributed by atoms with Gasteiger partial charge in [0.15, 0.2) is 0 Å². The molecule has 1 aliphatic heterocycles. The van der Waals surface area contributed by atoms with Gasteiger partial charge in [0.25, 0.3) is 0 Å². The van der Waals surface area contributed by atoms with Crippen LogP contribution in [0, 0.1) is 5.92 Å². The van der Waals surface area contributed by atoms with Crippen LogP contribution >= 0.6 is 12.4 Å². The fourth-order valence-electron chi connectivity index (χ4n) is 3.68. The maximum Gasteiger partial charge on any atom is 0.227 e. The third-order valence-electron chi connectivity index (χ3n) is 5.63. The lowest BCUT2D eigenvalue weighted by Gasteiger charge is -2.32. The molecular formula is C22H33ClN4O2. The van der Waals surface area contributed by atoms with Crippen molar-refractivity contribution < 1.29 is 9.32 Å². The maximum atomic E-state index is 12.5. The van der Waals surface area contributed by atoms with Crippen LogP contribution in [0.3, 0.4) is 0 Å². The van der Waals surface area contributed by atoms with Crippen LogP contribution in [-0.4, -0.2) is 47.6 Å². The van der Waals surface area contributed by atoms with Crippen LogP contribution in [0.4, 0.5) is 0 Å². The number of rotatable bonds is 8. The first kappa shape index (κ1) is 23.4. The van der Waals surface area contributed by atoms with E-state index < -0.39 is 0 Å². The van der Waals surface area contributed by atoms with Crippen molar-refractivity contribution in [2.75, 3.05) is 26.7 Å². The highest BCUT2D eigenvalue weighted by atomic mass is 35.5. The summed E-state index contributed by atoms with van der Waals surface area (Å²) >= 11 is 0. The summed E-state index contributed by atoms with van der Waals surface area (Å²) in [5.74, 6) is 2.53. The van der Waals surface area contributed by atoms with Crippen LogP contribution in [0.5, 0.6) is 0 Å². The molecule has 3 rings (SSSR count). The highest BCUT2D eigenvalue weighted by Crippen LogP contribution is 2.22. The second-order valence-electron chi connectivity index (χ2n) is 8.00. The minimum atomic E-state index is 0. The quantitative estimate of drug-likeness (QED) is 0.697. The number of carbonyl (C=O) groups excluding carboxylic acids is 1. The molecule has 1 N–H and O–H groups in total. The molecule has 7 heteroatoms. The van der Waals surface area contributed by atoms with E-state index in [1.165, 1.54) is 12.0 Å². The summed E-state index contributed by atoms with van der Waals surface area (Å²) < 4.78 is 5.36. The number of aromatic nitrogens is 2. The van der Waals surface area contributed by atoms with E-state index >= 15 is 0 Å². The molecule has 1 fully saturated rings. The molecule has 1 amide bonds. The summed E-state index contributed by atoms with van der Waals surface area (Å²) in [7, 11) is 1.99. The number of halogens is 1. The first-order valence-corrected chi connectivity index (χ1v) is 10.4. The van der Waals surface area contributed by atoms with Gasteiger partial charge < -0.3 is 14.7 Å². The molecule has 0 unspecified atom stereocenters. The Morgan fingerprint density at radius 3 is 2.55 bits per heavy atom. The fourth-order valence-corrected chi connectivity index (χ4v) is 3.68. The summed E-state index contributed by atoms with van der Waals surface area (Å²) in [6.07, 6.45) is 4.32. The number of aryl methyl sites for hydroxylation is 1. The molecule has 0 spiro atoms. The van der Waals surface area contributed by atoms with Crippen LogP contribution in [0.25, 0.3) is 11.4 Å². The van der Waals surface area contributed by atoms with Crippen molar-refractivity contribution in [2.24, 2.45) is 5.92 Å². The molecule has 2 aromatic rings. The van der Waals surface area contributed by atoms with Crippen molar-refractivity contribution in [3.05, 3.63) is 35.7 Å². The molecule has 1 aromatic carbocycles. The highest BCUT2D eigenvalue weighted by molar-refractivity contribution is 5.85. The lowest BCUT2D eigenvalue weighted by molar-refractivity contribution is -0.132. The zero-order valence-electron chi connectivity index (χ0n) is 17.7. The number of hydrogen-bond donors (Lipinski definition) is 1. The summed E-state index contributed by atoms with van der Waals surface area (Å²) in [5, 5.41) is 7.28. The predicted octanol–water partition coefficient (Wildman–Crippen LogP) is 4.06. The molecular weight excluding hydrogens is 388 g/mol. The van der Waals surface area contributed by atoms with Crippen LogP contribution in [0.15, 0.2) is 28.8 Å². The molecule has 6 nitrogen and oxygen atoms in total. The Kier molecular flexibility index (Phi) is 9.11. The molecule has 1 saturated heterocycles. The van der Waals surface area contributed by atoms with Gasteiger partial charge in [-0.1, -0.05) is 43.3 Å². The van der Waals surface area contributed by atoms with E-state index in [-0.39, 0.29) is 18.3 Å². The predicted molar refractivity (Wildman–Crippen MR) is 117 cm³/mol. The smallest absolute Gasteiger partial charge is 0.227 e. The van der Waals surface area contributed by atoms with Gasteiger partial charge in [0, 0.05) is 31.5 Å². The van der Waals surface area contributed by atoms with Gasteiger partial charge in [0.2, 0.25) is 17.6 Å². The monoisotopic (exact) mass is 420 g/mol. The Morgan fingerprint density at radius 1 is 1.24 bits per heavy atom. The number of carbonyl (C=O) groups is 1. The van der Waals surface area contributed by atoms with Crippen molar-refractivity contribution in [2.45, 2.75) is 51.9 Å². The fraction of sp³-hybridized carbons (Fsp3) is 0.591. The van der Waals surface area contributed by atoms with Crippen LogP contribution in [0.1, 0.15) is 56.9 Å². The van der Waals surface area contributed by atoms with E-state index in [4.69, 9.17) is 4.52 Å². The average Bonchev–Trinajstić information content (AvgIpc) is 3.20. The molecule has 0 aliphatic carbocycles. The zero-order valence-corrected chi connectivity index (χ0v) is 18.5. The minimum Gasteiger partial charge on any atom is -0.343 e. The van der Waals surface area contributed by atoms with Gasteiger partial charge in [-0.05, 0) is 50.3 Å². The number of hydrogen-bond acceptors (Lipinski definition) is 5. The number of piperidine rings is 1. The van der Waals surface area contributed by atoms with Gasteiger partial charge >= 0.3 is 0 Å². The molecule has 29 heavy (non-hydrogen) atoms. The molecule has 0 saturated carbocycles. The first-order chi connectivity index (χ1) is 13.6. The Labute approximate surface area is 179 Å². The molecule has 1 aromatic heterocycles. The van der Waals surface area contributed by atoms with Gasteiger partial charge in [-0.3, -0.25) is 4.79 Å². The van der Waals surface area contributed by atoms with E-state index in [0.29, 0.717) is 30.5 Å². The Morgan fingerprint density at radius 2 is 1.93 bits per heavy atom. The van der Waals surface area contributed by atoms with Gasteiger partial charge in [0.05, 0.1) is 0 Å². The van der Waals surface area contributed by atoms with E-state index in [1.54, 1.807) is 0 Å². The molecule has 1 aliphatic rings. The van der Waals surface area contributed by atoms with Crippen molar-refractivity contribution in [1.29, 1.82) is 0 Å². The lowest BCUT2D eigenvalue weighted by Crippen LogP contribution is -2.39. The van der Waals surface area contributed by atoms with E-state index in [0.717, 1.165) is 44.0 Å². The number of benzene rings is 1. The van der Waals surface area contributed by atoms with E-state index in [9.17, 15) is 4.79 Å². The number of nitrogens with one attached hydrogen (secondary N) is 1. The molecule has 0 radical (unpaired) electrons. The normalized spacial score (nSPS) is 14.8. The van der Waals surface area contributed by atoms with Gasteiger partial charge in [-0.2, -0.15) is 4.98 Å². The van der Waals surface area contributed by atoms with Crippen molar-refractivity contribution >= 4 is 18.3 Å². The molecule has 2 heterocycles. The van der Waals surface area contributed by atoms with Crippen molar-refractivity contribution in [3.8, 4) is 11.4 Å². The summed E-state index contributed by atoms with van der Waals surface area (Å²) in [6, 6.07) is 8.24. The lowest BCUT2D eigenvalue weighted by atomic mass is 9.93. The summed E-state index contributed by atoms with van der Waals surface area (Å²) in [6.45, 7) is 7.13. The highest BCUT2D eigenvalue weighted by Gasteiger charge is 2.22. The number of likely N-dealkylation sites (tertiary alicyclic amines) is 1. The molecule has 0 atom stereocenters. The van der Waals surface area contributed by atoms with Crippen molar-refractivity contribution in [1.82, 2.24) is 20.4 Å². The Bertz CT molecular complexity index is 752. The SMILES string of the molecule is CNCCC1CCN(C(=O)CCc2nc(-c3ccc(C(C)C)cc3)no2)CC1.Cl. The van der Waals surface area contributed by atoms with Crippen LogP contribution < -0.4 is 5.32 Å². The van der Waals surface area contributed by atoms with E-state index in [2.05, 4.69) is 41.4 Å². The largest absolute Gasteiger partial charge is 0.343 e. The second kappa shape index (κ2) is 11.3. The number of amides is 1. The topological polar surface area (TPSA) is 71.3 Å². The standard InChI is InChI=1S/C22H32N4O2.ClH/c1-16(2)18-4-6-19(7-5-18)22-24-20(28-25-22)8-9-21(27)26-14-11-17(12-15-26)10-13-23-3;/h4-7,16-17,23H,8-15H2,1-3H3;1H. The molecule has 0 bridgehead atoms. The first-order valence-electron chi connectivity index (χ1n) is 10.4. The zero-order chi connectivity index (χ0) is 19.9. The molecule has 160 valence electrons. The second-order valence-corrected chi connectivity index (χ2v) is 8.00. The minimum absolute atomic E-state index is 0. The van der Waals surface area contributed by atoms with Gasteiger partial charge in [-0.25, -0.2) is 0 Å². The van der Waals surface area contributed by atoms with Crippen LogP contribution in [0.2, 0.25) is 0 Å². The Balaban J connectivity index is 0.00000300. The third kappa shape index (κ3) is 6.54.